The van der Waals surface area contributed by atoms with E-state index in [1.807, 2.05) is 30.3 Å². The molecule has 0 aliphatic rings. The molecule has 1 aromatic heterocycles. The Morgan fingerprint density at radius 1 is 1.12 bits per heavy atom. The zero-order valence-corrected chi connectivity index (χ0v) is 13.8. The van der Waals surface area contributed by atoms with Crippen molar-refractivity contribution in [3.05, 3.63) is 71.4 Å². The molecule has 0 bridgehead atoms. The van der Waals surface area contributed by atoms with E-state index < -0.39 is 23.1 Å². The largest absolute Gasteiger partial charge is 0.496 e. The Kier molecular flexibility index (Phi) is 4.61. The van der Waals surface area contributed by atoms with Crippen molar-refractivity contribution < 1.29 is 18.3 Å². The normalized spacial score (nSPS) is 10.7. The Bertz CT molecular complexity index is 944. The Balaban J connectivity index is 1.89. The minimum absolute atomic E-state index is 0.0118. The summed E-state index contributed by atoms with van der Waals surface area (Å²) in [5, 5.41) is 0.984. The van der Waals surface area contributed by atoms with Gasteiger partial charge in [-0.1, -0.05) is 24.3 Å². The van der Waals surface area contributed by atoms with Crippen LogP contribution in [0, 0.1) is 11.6 Å². The Labute approximate surface area is 143 Å². The Morgan fingerprint density at radius 3 is 2.64 bits per heavy atom. The number of nitrogens with zero attached hydrogens (tertiary/aromatic N) is 2. The van der Waals surface area contributed by atoms with Crippen molar-refractivity contribution in [3.8, 4) is 5.75 Å². The van der Waals surface area contributed by atoms with Gasteiger partial charge in [0, 0.05) is 12.4 Å². The average molecular weight is 342 g/mol. The van der Waals surface area contributed by atoms with Gasteiger partial charge < -0.3 is 9.64 Å². The fraction of sp³-hybridized carbons (Fsp3) is 0.158. The van der Waals surface area contributed by atoms with E-state index in [4.69, 9.17) is 4.74 Å². The SMILES string of the molecule is COc1ccc(F)c(F)c1C(=O)N(C)Cc1ccc2ccccc2n1. The molecule has 0 spiro atoms. The fourth-order valence-electron chi connectivity index (χ4n) is 2.60. The maximum absolute atomic E-state index is 14.1. The lowest BCUT2D eigenvalue weighted by atomic mass is 10.1. The van der Waals surface area contributed by atoms with E-state index in [0.717, 1.165) is 17.0 Å². The zero-order valence-electron chi connectivity index (χ0n) is 13.8. The molecule has 0 atom stereocenters. The molecule has 25 heavy (non-hydrogen) atoms. The molecular formula is C19H16F2N2O2. The van der Waals surface area contributed by atoms with E-state index in [1.165, 1.54) is 25.1 Å². The number of halogens is 2. The zero-order chi connectivity index (χ0) is 18.0. The number of fused-ring (bicyclic) bond motifs is 1. The number of aromatic nitrogens is 1. The van der Waals surface area contributed by atoms with Gasteiger partial charge in [-0.3, -0.25) is 9.78 Å². The van der Waals surface area contributed by atoms with Crippen molar-refractivity contribution in [1.82, 2.24) is 9.88 Å². The number of carbonyl (C=O) groups is 1. The molecule has 0 unspecified atom stereocenters. The Morgan fingerprint density at radius 2 is 1.88 bits per heavy atom. The van der Waals surface area contributed by atoms with Crippen molar-refractivity contribution in [2.75, 3.05) is 14.2 Å². The number of benzene rings is 2. The highest BCUT2D eigenvalue weighted by atomic mass is 19.2. The number of methoxy groups -OCH3 is 1. The van der Waals surface area contributed by atoms with Gasteiger partial charge in [-0.2, -0.15) is 0 Å². The number of carbonyl (C=O) groups excluding carboxylic acids is 1. The molecule has 0 N–H and O–H groups in total. The number of hydrogen-bond donors (Lipinski definition) is 0. The van der Waals surface area contributed by atoms with E-state index >= 15 is 0 Å². The molecule has 0 fully saturated rings. The number of para-hydroxylation sites is 1. The highest BCUT2D eigenvalue weighted by Crippen LogP contribution is 2.25. The van der Waals surface area contributed by atoms with Gasteiger partial charge in [0.2, 0.25) is 0 Å². The number of amides is 1. The highest BCUT2D eigenvalue weighted by molar-refractivity contribution is 5.97. The van der Waals surface area contributed by atoms with E-state index in [9.17, 15) is 13.6 Å². The van der Waals surface area contributed by atoms with Crippen molar-refractivity contribution in [1.29, 1.82) is 0 Å². The highest BCUT2D eigenvalue weighted by Gasteiger charge is 2.24. The fourth-order valence-corrected chi connectivity index (χ4v) is 2.60. The Hall–Kier alpha value is -3.02. The van der Waals surface area contributed by atoms with Crippen molar-refractivity contribution in [3.63, 3.8) is 0 Å². The van der Waals surface area contributed by atoms with Crippen molar-refractivity contribution in [2.24, 2.45) is 0 Å². The molecule has 6 heteroatoms. The molecule has 1 amide bonds. The third kappa shape index (κ3) is 3.28. The van der Waals surface area contributed by atoms with E-state index in [2.05, 4.69) is 4.98 Å². The maximum Gasteiger partial charge on any atom is 0.260 e. The van der Waals surface area contributed by atoms with Gasteiger partial charge >= 0.3 is 0 Å². The second-order valence-electron chi connectivity index (χ2n) is 5.60. The number of rotatable bonds is 4. The second kappa shape index (κ2) is 6.84. The lowest BCUT2D eigenvalue weighted by Crippen LogP contribution is -2.28. The van der Waals surface area contributed by atoms with Gasteiger partial charge in [0.1, 0.15) is 11.3 Å². The molecule has 0 saturated heterocycles. The van der Waals surface area contributed by atoms with E-state index in [0.29, 0.717) is 5.69 Å². The van der Waals surface area contributed by atoms with Gasteiger partial charge in [0.15, 0.2) is 11.6 Å². The maximum atomic E-state index is 14.1. The van der Waals surface area contributed by atoms with Gasteiger partial charge in [-0.15, -0.1) is 0 Å². The van der Waals surface area contributed by atoms with Crippen LogP contribution in [-0.2, 0) is 6.54 Å². The summed E-state index contributed by atoms with van der Waals surface area (Å²) in [5.41, 5.74) is 1.02. The first-order valence-corrected chi connectivity index (χ1v) is 7.63. The smallest absolute Gasteiger partial charge is 0.260 e. The molecule has 0 aliphatic heterocycles. The van der Waals surface area contributed by atoms with Crippen LogP contribution in [0.15, 0.2) is 48.5 Å². The molecule has 3 rings (SSSR count). The molecule has 0 saturated carbocycles. The monoisotopic (exact) mass is 342 g/mol. The first kappa shape index (κ1) is 16.8. The predicted molar refractivity (Wildman–Crippen MR) is 90.5 cm³/mol. The van der Waals surface area contributed by atoms with Crippen molar-refractivity contribution in [2.45, 2.75) is 6.54 Å². The lowest BCUT2D eigenvalue weighted by molar-refractivity contribution is 0.0774. The molecule has 0 aliphatic carbocycles. The first-order valence-electron chi connectivity index (χ1n) is 7.63. The standard InChI is InChI=1S/C19H16F2N2O2/c1-23(11-13-8-7-12-5-3-4-6-15(12)22-13)19(24)17-16(25-2)10-9-14(20)18(17)21/h3-10H,11H2,1-2H3. The van der Waals surface area contributed by atoms with E-state index in [1.54, 1.807) is 6.07 Å². The number of pyridine rings is 1. The lowest BCUT2D eigenvalue weighted by Gasteiger charge is -2.19. The summed E-state index contributed by atoms with van der Waals surface area (Å²) in [5.74, 6) is -3.00. The minimum atomic E-state index is -1.22. The molecule has 3 aromatic rings. The summed E-state index contributed by atoms with van der Waals surface area (Å²) < 4.78 is 32.6. The van der Waals surface area contributed by atoms with Gasteiger partial charge in [-0.05, 0) is 24.3 Å². The molecule has 1 heterocycles. The molecule has 4 nitrogen and oxygen atoms in total. The van der Waals surface area contributed by atoms with Crippen LogP contribution in [-0.4, -0.2) is 29.9 Å². The summed E-state index contributed by atoms with van der Waals surface area (Å²) >= 11 is 0. The number of hydrogen-bond acceptors (Lipinski definition) is 3. The third-order valence-electron chi connectivity index (χ3n) is 3.89. The molecule has 128 valence electrons. The summed E-state index contributed by atoms with van der Waals surface area (Å²) in [6.07, 6.45) is 0. The van der Waals surface area contributed by atoms with Gasteiger partial charge in [0.05, 0.1) is 24.9 Å². The summed E-state index contributed by atoms with van der Waals surface area (Å²) in [6.45, 7) is 0.156. The molecule has 2 aromatic carbocycles. The molecule has 0 radical (unpaired) electrons. The predicted octanol–water partition coefficient (Wildman–Crippen LogP) is 3.79. The number of ether oxygens (including phenoxy) is 1. The summed E-state index contributed by atoms with van der Waals surface area (Å²) in [6, 6.07) is 13.5. The topological polar surface area (TPSA) is 42.4 Å². The van der Waals surface area contributed by atoms with Crippen LogP contribution in [0.1, 0.15) is 16.1 Å². The van der Waals surface area contributed by atoms with Crippen LogP contribution >= 0.6 is 0 Å². The summed E-state index contributed by atoms with van der Waals surface area (Å²) in [4.78, 5) is 18.3. The van der Waals surface area contributed by atoms with Gasteiger partial charge in [-0.25, -0.2) is 8.78 Å². The van der Waals surface area contributed by atoms with Crippen molar-refractivity contribution >= 4 is 16.8 Å². The third-order valence-corrected chi connectivity index (χ3v) is 3.89. The van der Waals surface area contributed by atoms with Crippen LogP contribution < -0.4 is 4.74 Å². The molecular weight excluding hydrogens is 326 g/mol. The first-order chi connectivity index (χ1) is 12.0. The van der Waals surface area contributed by atoms with Crippen LogP contribution in [0.4, 0.5) is 8.78 Å². The van der Waals surface area contributed by atoms with Crippen LogP contribution in [0.25, 0.3) is 10.9 Å². The quantitative estimate of drug-likeness (QED) is 0.724. The van der Waals surface area contributed by atoms with Crippen LogP contribution in [0.5, 0.6) is 5.75 Å². The minimum Gasteiger partial charge on any atom is -0.496 e. The van der Waals surface area contributed by atoms with Crippen LogP contribution in [0.3, 0.4) is 0 Å². The second-order valence-corrected chi connectivity index (χ2v) is 5.60. The summed E-state index contributed by atoms with van der Waals surface area (Å²) in [7, 11) is 2.80. The average Bonchev–Trinajstić information content (AvgIpc) is 2.63. The van der Waals surface area contributed by atoms with Gasteiger partial charge in [0.25, 0.3) is 5.91 Å². The van der Waals surface area contributed by atoms with E-state index in [-0.39, 0.29) is 12.3 Å². The van der Waals surface area contributed by atoms with Crippen LogP contribution in [0.2, 0.25) is 0 Å².